The molecule has 0 bridgehead atoms. The Morgan fingerprint density at radius 1 is 1.28 bits per heavy atom. The first-order chi connectivity index (χ1) is 11.8. The molecule has 0 N–H and O–H groups in total. The molecule has 7 heteroatoms. The number of benzene rings is 2. The number of sulfone groups is 1. The maximum absolute atomic E-state index is 12.6. The molecule has 0 aromatic heterocycles. The Morgan fingerprint density at radius 3 is 2.68 bits per heavy atom. The lowest BCUT2D eigenvalue weighted by molar-refractivity contribution is -0.138. The van der Waals surface area contributed by atoms with Crippen molar-refractivity contribution in [2.75, 3.05) is 18.6 Å². The van der Waals surface area contributed by atoms with Gasteiger partial charge in [-0.2, -0.15) is 0 Å². The third-order valence-corrected chi connectivity index (χ3v) is 7.15. The molecule has 0 saturated carbocycles. The van der Waals surface area contributed by atoms with Crippen LogP contribution in [0, 0.1) is 0 Å². The number of likely N-dealkylation sites (N-methyl/N-ethyl adjacent to an activating group) is 1. The lowest BCUT2D eigenvalue weighted by Crippen LogP contribution is -2.44. The van der Waals surface area contributed by atoms with E-state index in [1.54, 1.807) is 14.0 Å². The number of rotatable bonds is 4. The van der Waals surface area contributed by atoms with Gasteiger partial charge in [0, 0.05) is 13.1 Å². The molecule has 25 heavy (non-hydrogen) atoms. The highest BCUT2D eigenvalue weighted by molar-refractivity contribution is 9.10. The van der Waals surface area contributed by atoms with Crippen LogP contribution in [-0.4, -0.2) is 49.9 Å². The lowest BCUT2D eigenvalue weighted by Gasteiger charge is -2.27. The van der Waals surface area contributed by atoms with Crippen LogP contribution in [0.3, 0.4) is 0 Å². The number of amides is 1. The quantitative estimate of drug-likeness (QED) is 0.754. The van der Waals surface area contributed by atoms with Gasteiger partial charge >= 0.3 is 0 Å². The van der Waals surface area contributed by atoms with Gasteiger partial charge < -0.3 is 9.64 Å². The highest BCUT2D eigenvalue weighted by Gasteiger charge is 2.34. The number of ether oxygens (including phenoxy) is 1. The average molecular weight is 426 g/mol. The van der Waals surface area contributed by atoms with Gasteiger partial charge in [0.25, 0.3) is 5.91 Å². The summed E-state index contributed by atoms with van der Waals surface area (Å²) in [5.74, 6) is 0.539. The molecule has 2 unspecified atom stereocenters. The SMILES string of the molecule is CC(Oc1ccc2ccccc2c1Br)C(=O)N(C)C1CCS(=O)(=O)C1. The van der Waals surface area contributed by atoms with E-state index in [1.165, 1.54) is 4.90 Å². The molecule has 1 aliphatic rings. The van der Waals surface area contributed by atoms with Crippen molar-refractivity contribution in [2.45, 2.75) is 25.5 Å². The van der Waals surface area contributed by atoms with Crippen LogP contribution in [0.5, 0.6) is 5.75 Å². The average Bonchev–Trinajstić information content (AvgIpc) is 2.96. The van der Waals surface area contributed by atoms with E-state index in [0.717, 1.165) is 15.2 Å². The zero-order valence-electron chi connectivity index (χ0n) is 14.1. The number of carbonyl (C=O) groups is 1. The van der Waals surface area contributed by atoms with Crippen molar-refractivity contribution >= 4 is 42.4 Å². The van der Waals surface area contributed by atoms with Gasteiger partial charge in [0.05, 0.1) is 16.0 Å². The standard InChI is InChI=1S/C18H20BrNO4S/c1-12(18(21)20(2)14-9-10-25(22,23)11-14)24-16-8-7-13-5-3-4-6-15(13)17(16)19/h3-8,12,14H,9-11H2,1-2H3. The molecule has 1 heterocycles. The number of hydrogen-bond donors (Lipinski definition) is 0. The smallest absolute Gasteiger partial charge is 0.263 e. The van der Waals surface area contributed by atoms with Crippen LogP contribution in [-0.2, 0) is 14.6 Å². The van der Waals surface area contributed by atoms with E-state index in [1.807, 2.05) is 36.4 Å². The fourth-order valence-corrected chi connectivity index (χ4v) is 5.45. The summed E-state index contributed by atoms with van der Waals surface area (Å²) >= 11 is 3.55. The summed E-state index contributed by atoms with van der Waals surface area (Å²) in [5, 5.41) is 2.09. The fraction of sp³-hybridized carbons (Fsp3) is 0.389. The third-order valence-electron chi connectivity index (χ3n) is 4.58. The second-order valence-corrected chi connectivity index (χ2v) is 9.39. The summed E-state index contributed by atoms with van der Waals surface area (Å²) in [4.78, 5) is 14.1. The van der Waals surface area contributed by atoms with Crippen LogP contribution in [0.1, 0.15) is 13.3 Å². The van der Waals surface area contributed by atoms with Gasteiger partial charge in [-0.25, -0.2) is 8.42 Å². The zero-order valence-corrected chi connectivity index (χ0v) is 16.5. The summed E-state index contributed by atoms with van der Waals surface area (Å²) in [7, 11) is -1.39. The molecule has 1 saturated heterocycles. The number of hydrogen-bond acceptors (Lipinski definition) is 4. The van der Waals surface area contributed by atoms with E-state index in [0.29, 0.717) is 12.2 Å². The van der Waals surface area contributed by atoms with Crippen molar-refractivity contribution in [3.8, 4) is 5.75 Å². The Kier molecular flexibility index (Phi) is 5.06. The second-order valence-electron chi connectivity index (χ2n) is 6.36. The van der Waals surface area contributed by atoms with Crippen molar-refractivity contribution in [1.29, 1.82) is 0 Å². The first-order valence-electron chi connectivity index (χ1n) is 8.09. The summed E-state index contributed by atoms with van der Waals surface area (Å²) < 4.78 is 29.9. The lowest BCUT2D eigenvalue weighted by atomic mass is 10.1. The molecule has 0 spiro atoms. The topological polar surface area (TPSA) is 63.7 Å². The molecule has 0 radical (unpaired) electrons. The molecule has 2 aromatic rings. The summed E-state index contributed by atoms with van der Waals surface area (Å²) in [6, 6.07) is 11.4. The summed E-state index contributed by atoms with van der Waals surface area (Å²) in [6.45, 7) is 1.68. The molecular formula is C18H20BrNO4S. The highest BCUT2D eigenvalue weighted by atomic mass is 79.9. The molecule has 0 aliphatic carbocycles. The van der Waals surface area contributed by atoms with Crippen molar-refractivity contribution in [2.24, 2.45) is 0 Å². The Balaban J connectivity index is 1.74. The molecule has 2 aromatic carbocycles. The van der Waals surface area contributed by atoms with Crippen LogP contribution >= 0.6 is 15.9 Å². The maximum Gasteiger partial charge on any atom is 0.263 e. The van der Waals surface area contributed by atoms with Crippen molar-refractivity contribution in [3.63, 3.8) is 0 Å². The largest absolute Gasteiger partial charge is 0.480 e. The molecule has 1 amide bonds. The fourth-order valence-electron chi connectivity index (χ4n) is 3.09. The van der Waals surface area contributed by atoms with Crippen LogP contribution in [0.25, 0.3) is 10.8 Å². The normalized spacial score (nSPS) is 20.4. The Labute approximate surface area is 156 Å². The van der Waals surface area contributed by atoms with E-state index in [4.69, 9.17) is 4.74 Å². The zero-order chi connectivity index (χ0) is 18.2. The van der Waals surface area contributed by atoms with Crippen LogP contribution in [0.15, 0.2) is 40.9 Å². The second kappa shape index (κ2) is 6.96. The minimum Gasteiger partial charge on any atom is -0.480 e. The van der Waals surface area contributed by atoms with E-state index >= 15 is 0 Å². The minimum atomic E-state index is -3.03. The van der Waals surface area contributed by atoms with Gasteiger partial charge in [-0.3, -0.25) is 4.79 Å². The van der Waals surface area contributed by atoms with Crippen LogP contribution < -0.4 is 4.74 Å². The van der Waals surface area contributed by atoms with Gasteiger partial charge in [0.1, 0.15) is 5.75 Å². The van der Waals surface area contributed by atoms with Crippen LogP contribution in [0.2, 0.25) is 0 Å². The van der Waals surface area contributed by atoms with Crippen molar-refractivity contribution < 1.29 is 17.9 Å². The van der Waals surface area contributed by atoms with Gasteiger partial charge in [-0.15, -0.1) is 0 Å². The monoisotopic (exact) mass is 425 g/mol. The first-order valence-corrected chi connectivity index (χ1v) is 10.7. The summed E-state index contributed by atoms with van der Waals surface area (Å²) in [6.07, 6.45) is -0.220. The predicted octanol–water partition coefficient (Wildman–Crippen LogP) is 3.02. The molecule has 134 valence electrons. The molecule has 2 atom stereocenters. The van der Waals surface area contributed by atoms with E-state index in [2.05, 4.69) is 15.9 Å². The Hall–Kier alpha value is -1.60. The van der Waals surface area contributed by atoms with Crippen molar-refractivity contribution in [3.05, 3.63) is 40.9 Å². The van der Waals surface area contributed by atoms with Gasteiger partial charge in [0.2, 0.25) is 0 Å². The van der Waals surface area contributed by atoms with Crippen LogP contribution in [0.4, 0.5) is 0 Å². The predicted molar refractivity (Wildman–Crippen MR) is 102 cm³/mol. The Bertz CT molecular complexity index is 912. The summed E-state index contributed by atoms with van der Waals surface area (Å²) in [5.41, 5.74) is 0. The van der Waals surface area contributed by atoms with Gasteiger partial charge in [-0.05, 0) is 46.1 Å². The highest BCUT2D eigenvalue weighted by Crippen LogP contribution is 2.33. The third kappa shape index (κ3) is 3.82. The van der Waals surface area contributed by atoms with Gasteiger partial charge in [0.15, 0.2) is 15.9 Å². The Morgan fingerprint density at radius 2 is 2.00 bits per heavy atom. The van der Waals surface area contributed by atoms with E-state index in [9.17, 15) is 13.2 Å². The molecule has 5 nitrogen and oxygen atoms in total. The van der Waals surface area contributed by atoms with E-state index < -0.39 is 15.9 Å². The number of fused-ring (bicyclic) bond motifs is 1. The molecule has 1 aliphatic heterocycles. The van der Waals surface area contributed by atoms with E-state index in [-0.39, 0.29) is 23.5 Å². The minimum absolute atomic E-state index is 0.0294. The first kappa shape index (κ1) is 18.2. The number of halogens is 1. The number of nitrogens with zero attached hydrogens (tertiary/aromatic N) is 1. The maximum atomic E-state index is 12.6. The molecule has 1 fully saturated rings. The molecule has 3 rings (SSSR count). The van der Waals surface area contributed by atoms with Crippen molar-refractivity contribution in [1.82, 2.24) is 4.90 Å². The molecular weight excluding hydrogens is 406 g/mol. The van der Waals surface area contributed by atoms with Gasteiger partial charge in [-0.1, -0.05) is 30.3 Å². The number of carbonyl (C=O) groups excluding carboxylic acids is 1.